The van der Waals surface area contributed by atoms with Crippen molar-refractivity contribution < 1.29 is 9.47 Å². The fourth-order valence-corrected chi connectivity index (χ4v) is 3.23. The SMILES string of the molecule is COc1ccc(CN(c2ccc(OC)cn2)c2cc(Cl)nn3c(C#N)cnc23)cc1. The number of nitrogens with zero attached hydrogens (tertiary/aromatic N) is 6. The number of anilines is 2. The van der Waals surface area contributed by atoms with E-state index in [1.165, 1.54) is 10.7 Å². The van der Waals surface area contributed by atoms with Crippen LogP contribution in [0.1, 0.15) is 11.3 Å². The van der Waals surface area contributed by atoms with Crippen molar-refractivity contribution in [3.8, 4) is 17.6 Å². The Morgan fingerprint density at radius 2 is 1.77 bits per heavy atom. The van der Waals surface area contributed by atoms with Crippen molar-refractivity contribution in [1.82, 2.24) is 19.6 Å². The summed E-state index contributed by atoms with van der Waals surface area (Å²) < 4.78 is 11.9. The van der Waals surface area contributed by atoms with Gasteiger partial charge in [-0.25, -0.2) is 9.97 Å². The van der Waals surface area contributed by atoms with Crippen LogP contribution in [0, 0.1) is 11.3 Å². The molecule has 0 N–H and O–H groups in total. The molecule has 0 atom stereocenters. The van der Waals surface area contributed by atoms with Crippen LogP contribution in [-0.4, -0.2) is 33.8 Å². The van der Waals surface area contributed by atoms with Crippen molar-refractivity contribution in [1.29, 1.82) is 5.26 Å². The molecule has 0 aliphatic heterocycles. The summed E-state index contributed by atoms with van der Waals surface area (Å²) in [5.74, 6) is 2.08. The Hall–Kier alpha value is -3.83. The molecular weight excluding hydrogens is 404 g/mol. The molecule has 8 nitrogen and oxygen atoms in total. The molecule has 0 amide bonds. The maximum absolute atomic E-state index is 9.36. The van der Waals surface area contributed by atoms with E-state index in [0.29, 0.717) is 35.1 Å². The number of aromatic nitrogens is 4. The van der Waals surface area contributed by atoms with Crippen LogP contribution in [0.4, 0.5) is 11.5 Å². The lowest BCUT2D eigenvalue weighted by atomic mass is 10.2. The quantitative estimate of drug-likeness (QED) is 0.465. The summed E-state index contributed by atoms with van der Waals surface area (Å²) in [5.41, 5.74) is 2.49. The summed E-state index contributed by atoms with van der Waals surface area (Å²) in [7, 11) is 3.22. The van der Waals surface area contributed by atoms with Gasteiger partial charge in [0.05, 0.1) is 32.3 Å². The molecule has 0 bridgehead atoms. The number of halogens is 1. The van der Waals surface area contributed by atoms with E-state index >= 15 is 0 Å². The number of nitriles is 1. The van der Waals surface area contributed by atoms with Gasteiger partial charge in [0, 0.05) is 12.6 Å². The van der Waals surface area contributed by atoms with E-state index in [2.05, 4.69) is 21.1 Å². The van der Waals surface area contributed by atoms with Crippen LogP contribution in [0.3, 0.4) is 0 Å². The van der Waals surface area contributed by atoms with Gasteiger partial charge in [0.1, 0.15) is 23.4 Å². The average molecular weight is 421 g/mol. The third-order valence-electron chi connectivity index (χ3n) is 4.56. The van der Waals surface area contributed by atoms with Gasteiger partial charge in [-0.3, -0.25) is 0 Å². The Balaban J connectivity index is 1.85. The minimum Gasteiger partial charge on any atom is -0.497 e. The van der Waals surface area contributed by atoms with Crippen molar-refractivity contribution >= 4 is 28.8 Å². The van der Waals surface area contributed by atoms with Crippen LogP contribution in [0.25, 0.3) is 5.65 Å². The Morgan fingerprint density at radius 3 is 2.40 bits per heavy atom. The first-order valence-corrected chi connectivity index (χ1v) is 9.35. The van der Waals surface area contributed by atoms with Gasteiger partial charge in [0.15, 0.2) is 16.5 Å². The van der Waals surface area contributed by atoms with Gasteiger partial charge in [-0.05, 0) is 29.8 Å². The number of hydrogen-bond acceptors (Lipinski definition) is 7. The molecule has 0 saturated heterocycles. The van der Waals surface area contributed by atoms with Gasteiger partial charge in [0.25, 0.3) is 0 Å². The molecule has 1 aromatic carbocycles. The first kappa shape index (κ1) is 19.5. The summed E-state index contributed by atoms with van der Waals surface area (Å²) >= 11 is 6.28. The highest BCUT2D eigenvalue weighted by Crippen LogP contribution is 2.32. The predicted molar refractivity (Wildman–Crippen MR) is 112 cm³/mol. The van der Waals surface area contributed by atoms with E-state index in [1.54, 1.807) is 26.5 Å². The molecule has 4 rings (SSSR count). The van der Waals surface area contributed by atoms with Gasteiger partial charge in [-0.15, -0.1) is 0 Å². The lowest BCUT2D eigenvalue weighted by Gasteiger charge is -2.24. The second-order valence-corrected chi connectivity index (χ2v) is 6.72. The van der Waals surface area contributed by atoms with Crippen LogP contribution in [0.15, 0.2) is 54.9 Å². The number of pyridine rings is 1. The Morgan fingerprint density at radius 1 is 1.03 bits per heavy atom. The van der Waals surface area contributed by atoms with Gasteiger partial charge in [-0.1, -0.05) is 23.7 Å². The molecule has 0 fully saturated rings. The highest BCUT2D eigenvalue weighted by atomic mass is 35.5. The summed E-state index contributed by atoms with van der Waals surface area (Å²) in [6.07, 6.45) is 3.11. The summed E-state index contributed by atoms with van der Waals surface area (Å²) in [5, 5.41) is 13.8. The van der Waals surface area contributed by atoms with Crippen LogP contribution in [0.2, 0.25) is 5.15 Å². The van der Waals surface area contributed by atoms with Crippen molar-refractivity contribution in [2.75, 3.05) is 19.1 Å². The third-order valence-corrected chi connectivity index (χ3v) is 4.74. The number of ether oxygens (including phenoxy) is 2. The maximum atomic E-state index is 9.36. The topological polar surface area (TPSA) is 88.6 Å². The van der Waals surface area contributed by atoms with Crippen LogP contribution < -0.4 is 14.4 Å². The smallest absolute Gasteiger partial charge is 0.179 e. The Labute approximate surface area is 177 Å². The molecule has 30 heavy (non-hydrogen) atoms. The molecule has 3 aromatic heterocycles. The van der Waals surface area contributed by atoms with Gasteiger partial charge < -0.3 is 14.4 Å². The Bertz CT molecular complexity index is 1220. The fraction of sp³-hybridized carbons (Fsp3) is 0.143. The normalized spacial score (nSPS) is 10.6. The van der Waals surface area contributed by atoms with E-state index in [0.717, 1.165) is 11.3 Å². The second-order valence-electron chi connectivity index (χ2n) is 6.33. The lowest BCUT2D eigenvalue weighted by Crippen LogP contribution is -2.19. The molecule has 0 unspecified atom stereocenters. The molecule has 3 heterocycles. The molecule has 0 spiro atoms. The van der Waals surface area contributed by atoms with E-state index in [1.807, 2.05) is 41.3 Å². The van der Waals surface area contributed by atoms with E-state index in [4.69, 9.17) is 21.1 Å². The molecule has 150 valence electrons. The zero-order chi connectivity index (χ0) is 21.1. The monoisotopic (exact) mass is 420 g/mol. The maximum Gasteiger partial charge on any atom is 0.179 e. The van der Waals surface area contributed by atoms with E-state index in [-0.39, 0.29) is 5.15 Å². The highest BCUT2D eigenvalue weighted by Gasteiger charge is 2.19. The van der Waals surface area contributed by atoms with Crippen LogP contribution in [0.5, 0.6) is 11.5 Å². The zero-order valence-corrected chi connectivity index (χ0v) is 17.0. The molecule has 0 saturated carbocycles. The Kier molecular flexibility index (Phi) is 5.37. The second kappa shape index (κ2) is 8.27. The average Bonchev–Trinajstić information content (AvgIpc) is 3.20. The molecule has 4 aromatic rings. The largest absolute Gasteiger partial charge is 0.497 e. The van der Waals surface area contributed by atoms with Crippen LogP contribution >= 0.6 is 11.6 Å². The molecule has 0 aliphatic rings. The minimum absolute atomic E-state index is 0.236. The summed E-state index contributed by atoms with van der Waals surface area (Å²) in [6, 6.07) is 15.2. The standard InChI is InChI=1S/C21H17ClN6O2/c1-29-16-5-3-14(4-6-16)13-27(20-8-7-17(30-2)12-24-20)18-9-19(22)26-28-15(10-23)11-25-21(18)28/h3-9,11-12H,13H2,1-2H3. The van der Waals surface area contributed by atoms with Crippen molar-refractivity contribution in [3.05, 3.63) is 71.3 Å². The van der Waals surface area contributed by atoms with Crippen molar-refractivity contribution in [3.63, 3.8) is 0 Å². The fourth-order valence-electron chi connectivity index (χ4n) is 3.05. The summed E-state index contributed by atoms with van der Waals surface area (Å²) in [4.78, 5) is 10.9. The predicted octanol–water partition coefficient (Wildman–Crippen LogP) is 4.00. The molecule has 0 radical (unpaired) electrons. The third kappa shape index (κ3) is 3.71. The highest BCUT2D eigenvalue weighted by molar-refractivity contribution is 6.29. The molecule has 0 aliphatic carbocycles. The van der Waals surface area contributed by atoms with Crippen molar-refractivity contribution in [2.24, 2.45) is 0 Å². The summed E-state index contributed by atoms with van der Waals surface area (Å²) in [6.45, 7) is 0.480. The van der Waals surface area contributed by atoms with Crippen LogP contribution in [-0.2, 0) is 6.54 Å². The number of hydrogen-bond donors (Lipinski definition) is 0. The van der Waals surface area contributed by atoms with Crippen molar-refractivity contribution in [2.45, 2.75) is 6.54 Å². The number of rotatable bonds is 6. The van der Waals surface area contributed by atoms with Gasteiger partial charge >= 0.3 is 0 Å². The first-order chi connectivity index (χ1) is 14.6. The number of methoxy groups -OCH3 is 2. The number of fused-ring (bicyclic) bond motifs is 1. The van der Waals surface area contributed by atoms with Gasteiger partial charge in [-0.2, -0.15) is 14.9 Å². The van der Waals surface area contributed by atoms with Gasteiger partial charge in [0.2, 0.25) is 0 Å². The first-order valence-electron chi connectivity index (χ1n) is 8.98. The zero-order valence-electron chi connectivity index (χ0n) is 16.3. The molecule has 9 heteroatoms. The number of benzene rings is 1. The van der Waals surface area contributed by atoms with E-state index in [9.17, 15) is 5.26 Å². The molecular formula is C21H17ClN6O2. The van der Waals surface area contributed by atoms with E-state index < -0.39 is 0 Å². The number of imidazole rings is 1. The minimum atomic E-state index is 0.236. The lowest BCUT2D eigenvalue weighted by molar-refractivity contribution is 0.413.